The maximum atomic E-state index is 12.9. The van der Waals surface area contributed by atoms with Crippen LogP contribution in [0.5, 0.6) is 11.5 Å². The fourth-order valence-corrected chi connectivity index (χ4v) is 5.66. The zero-order valence-electron chi connectivity index (χ0n) is 20.9. The lowest BCUT2D eigenvalue weighted by atomic mass is 10.1. The number of amides is 2. The molecule has 0 unspecified atom stereocenters. The Hall–Kier alpha value is -2.88. The van der Waals surface area contributed by atoms with E-state index in [1.165, 1.54) is 18.9 Å². The number of anilines is 1. The van der Waals surface area contributed by atoms with Gasteiger partial charge in [-0.1, -0.05) is 47.7 Å². The minimum absolute atomic E-state index is 0.0411. The number of thiocarbonyl (C=S) groups is 1. The first-order chi connectivity index (χ1) is 17.2. The lowest BCUT2D eigenvalue weighted by Crippen LogP contribution is -2.35. The number of hydrogen-bond donors (Lipinski definition) is 1. The molecule has 1 N–H and O–H groups in total. The van der Waals surface area contributed by atoms with Crippen molar-refractivity contribution in [2.24, 2.45) is 0 Å². The van der Waals surface area contributed by atoms with Crippen LogP contribution in [0.2, 0.25) is 0 Å². The van der Waals surface area contributed by atoms with Crippen molar-refractivity contribution in [1.82, 2.24) is 4.90 Å². The molecule has 4 rings (SSSR count). The lowest BCUT2D eigenvalue weighted by Gasteiger charge is -2.18. The van der Waals surface area contributed by atoms with E-state index >= 15 is 0 Å². The Bertz CT molecular complexity index is 1200. The van der Waals surface area contributed by atoms with Crippen LogP contribution in [0, 0.1) is 20.8 Å². The van der Waals surface area contributed by atoms with Gasteiger partial charge in [0, 0.05) is 12.3 Å². The van der Waals surface area contributed by atoms with Crippen LogP contribution in [-0.2, 0) is 14.3 Å². The Labute approximate surface area is 221 Å². The highest BCUT2D eigenvalue weighted by atomic mass is 32.2. The molecule has 190 valence electrons. The summed E-state index contributed by atoms with van der Waals surface area (Å²) in [7, 11) is 1.53. The maximum Gasteiger partial charge on any atom is 0.266 e. The van der Waals surface area contributed by atoms with Gasteiger partial charge in [0.05, 0.1) is 24.7 Å². The Balaban J connectivity index is 1.40. The molecule has 2 saturated heterocycles. The molecule has 2 aliphatic rings. The van der Waals surface area contributed by atoms with Crippen molar-refractivity contribution in [3.05, 3.63) is 57.5 Å². The third-order valence-electron chi connectivity index (χ3n) is 6.07. The quantitative estimate of drug-likeness (QED) is 0.382. The number of thioether (sulfide) groups is 1. The highest BCUT2D eigenvalue weighted by molar-refractivity contribution is 8.26. The molecule has 2 aromatic carbocycles. The highest BCUT2D eigenvalue weighted by Crippen LogP contribution is 2.35. The lowest BCUT2D eigenvalue weighted by molar-refractivity contribution is -0.123. The van der Waals surface area contributed by atoms with Crippen LogP contribution in [0.4, 0.5) is 5.69 Å². The number of rotatable bonds is 8. The number of aryl methyl sites for hydroxylation is 3. The minimum atomic E-state index is -0.258. The van der Waals surface area contributed by atoms with Crippen LogP contribution in [0.1, 0.15) is 35.1 Å². The van der Waals surface area contributed by atoms with Gasteiger partial charge in [-0.25, -0.2) is 0 Å². The molecule has 0 radical (unpaired) electrons. The first kappa shape index (κ1) is 26.2. The first-order valence-electron chi connectivity index (χ1n) is 11.8. The van der Waals surface area contributed by atoms with Gasteiger partial charge in [-0.05, 0) is 68.5 Å². The number of benzene rings is 2. The van der Waals surface area contributed by atoms with Crippen LogP contribution < -0.4 is 14.8 Å². The van der Waals surface area contributed by atoms with Crippen molar-refractivity contribution >= 4 is 51.9 Å². The molecule has 7 nitrogen and oxygen atoms in total. The summed E-state index contributed by atoms with van der Waals surface area (Å²) < 4.78 is 17.4. The normalized spacial score (nSPS) is 18.7. The summed E-state index contributed by atoms with van der Waals surface area (Å²) in [5, 5.41) is 2.93. The fraction of sp³-hybridized carbons (Fsp3) is 0.370. The molecular weight excluding hydrogens is 496 g/mol. The van der Waals surface area contributed by atoms with E-state index in [9.17, 15) is 9.59 Å². The number of nitrogens with zero attached hydrogens (tertiary/aromatic N) is 1. The highest BCUT2D eigenvalue weighted by Gasteiger charge is 2.34. The molecule has 1 atom stereocenters. The molecule has 2 amide bonds. The Kier molecular flexibility index (Phi) is 8.33. The zero-order chi connectivity index (χ0) is 25.8. The van der Waals surface area contributed by atoms with Gasteiger partial charge < -0.3 is 19.5 Å². The maximum absolute atomic E-state index is 12.9. The summed E-state index contributed by atoms with van der Waals surface area (Å²) in [6, 6.07) is 9.38. The number of carbonyl (C=O) groups excluding carboxylic acids is 2. The van der Waals surface area contributed by atoms with Crippen molar-refractivity contribution < 1.29 is 23.8 Å². The van der Waals surface area contributed by atoms with Gasteiger partial charge in [-0.3, -0.25) is 14.5 Å². The van der Waals surface area contributed by atoms with E-state index < -0.39 is 0 Å². The number of carbonyl (C=O) groups is 2. The molecule has 0 saturated carbocycles. The van der Waals surface area contributed by atoms with Gasteiger partial charge in [0.25, 0.3) is 11.8 Å². The first-order valence-corrected chi connectivity index (χ1v) is 13.0. The van der Waals surface area contributed by atoms with E-state index in [4.69, 9.17) is 26.4 Å². The van der Waals surface area contributed by atoms with E-state index in [1.807, 2.05) is 39.0 Å². The van der Waals surface area contributed by atoms with E-state index in [0.717, 1.165) is 47.4 Å². The summed E-state index contributed by atoms with van der Waals surface area (Å²) in [5.74, 6) is 0.534. The second-order valence-electron chi connectivity index (χ2n) is 8.95. The van der Waals surface area contributed by atoms with Crippen LogP contribution in [0.3, 0.4) is 0 Å². The van der Waals surface area contributed by atoms with Gasteiger partial charge in [-0.2, -0.15) is 0 Å². The summed E-state index contributed by atoms with van der Waals surface area (Å²) in [4.78, 5) is 27.6. The molecule has 36 heavy (non-hydrogen) atoms. The van der Waals surface area contributed by atoms with E-state index in [0.29, 0.717) is 27.3 Å². The molecule has 0 aliphatic carbocycles. The molecule has 0 bridgehead atoms. The predicted octanol–water partition coefficient (Wildman–Crippen LogP) is 5.02. The Morgan fingerprint density at radius 1 is 1.22 bits per heavy atom. The van der Waals surface area contributed by atoms with Crippen LogP contribution in [-0.4, -0.2) is 54.0 Å². The number of hydrogen-bond acceptors (Lipinski definition) is 7. The predicted molar refractivity (Wildman–Crippen MR) is 147 cm³/mol. The molecule has 9 heteroatoms. The van der Waals surface area contributed by atoms with E-state index in [1.54, 1.807) is 23.1 Å². The van der Waals surface area contributed by atoms with Crippen LogP contribution in [0.15, 0.2) is 35.2 Å². The SMILES string of the molecule is COc1cc(/C=C2\SC(=S)N(C[C@H]3CCCO3)C2=O)ccc1OCC(=O)Nc1c(C)cc(C)cc1C. The van der Waals surface area contributed by atoms with Crippen LogP contribution in [0.25, 0.3) is 6.08 Å². The van der Waals surface area contributed by atoms with Crippen molar-refractivity contribution in [3.63, 3.8) is 0 Å². The summed E-state index contributed by atoms with van der Waals surface area (Å²) in [6.45, 7) is 7.02. The molecule has 0 aromatic heterocycles. The van der Waals surface area contributed by atoms with Gasteiger partial charge >= 0.3 is 0 Å². The Morgan fingerprint density at radius 2 is 1.97 bits per heavy atom. The smallest absolute Gasteiger partial charge is 0.266 e. The zero-order valence-corrected chi connectivity index (χ0v) is 22.5. The van der Waals surface area contributed by atoms with Crippen LogP contribution >= 0.6 is 24.0 Å². The molecule has 2 aromatic rings. The largest absolute Gasteiger partial charge is 0.493 e. The molecule has 2 fully saturated rings. The van der Waals surface area contributed by atoms with Gasteiger partial charge in [0.15, 0.2) is 18.1 Å². The third-order valence-corrected chi connectivity index (χ3v) is 7.45. The third kappa shape index (κ3) is 6.08. The average molecular weight is 527 g/mol. The molecular formula is C27H30N2O5S2. The van der Waals surface area contributed by atoms with Crippen molar-refractivity contribution in [1.29, 1.82) is 0 Å². The number of ether oxygens (including phenoxy) is 3. The van der Waals surface area contributed by atoms with Gasteiger partial charge in [-0.15, -0.1) is 0 Å². The molecule has 2 heterocycles. The van der Waals surface area contributed by atoms with Crippen molar-refractivity contribution in [3.8, 4) is 11.5 Å². The molecule has 0 spiro atoms. The monoisotopic (exact) mass is 526 g/mol. The van der Waals surface area contributed by atoms with Gasteiger partial charge in [0.1, 0.15) is 4.32 Å². The Morgan fingerprint density at radius 3 is 2.64 bits per heavy atom. The standard InChI is InChI=1S/C27H30N2O5S2/c1-16-10-17(2)25(18(3)11-16)28-24(30)15-34-21-8-7-19(12-22(21)32-4)13-23-26(31)29(27(35)36-23)14-20-6-5-9-33-20/h7-8,10-13,20H,5-6,9,14-15H2,1-4H3,(H,28,30)/b23-13-/t20-/m1/s1. The second kappa shape index (κ2) is 11.5. The minimum Gasteiger partial charge on any atom is -0.493 e. The topological polar surface area (TPSA) is 77.1 Å². The second-order valence-corrected chi connectivity index (χ2v) is 10.6. The van der Waals surface area contributed by atoms with E-state index in [-0.39, 0.29) is 24.5 Å². The number of nitrogens with one attached hydrogen (secondary N) is 1. The molecule has 2 aliphatic heterocycles. The summed E-state index contributed by atoms with van der Waals surface area (Å²) >= 11 is 6.72. The van der Waals surface area contributed by atoms with E-state index in [2.05, 4.69) is 5.32 Å². The number of methoxy groups -OCH3 is 1. The summed E-state index contributed by atoms with van der Waals surface area (Å²) in [5.41, 5.74) is 4.72. The average Bonchev–Trinajstić information content (AvgIpc) is 3.44. The van der Waals surface area contributed by atoms with Crippen molar-refractivity contribution in [2.45, 2.75) is 39.7 Å². The fourth-order valence-electron chi connectivity index (χ4n) is 4.39. The van der Waals surface area contributed by atoms with Gasteiger partial charge in [0.2, 0.25) is 0 Å². The van der Waals surface area contributed by atoms with Crippen molar-refractivity contribution in [2.75, 3.05) is 32.2 Å². The summed E-state index contributed by atoms with van der Waals surface area (Å²) in [6.07, 6.45) is 3.78.